The SMILES string of the molecule is CCC1C=CCN1. The molecule has 40 valence electrons. The van der Waals surface area contributed by atoms with E-state index in [1.54, 1.807) is 0 Å². The Morgan fingerprint density at radius 3 is 3.00 bits per heavy atom. The first-order valence-electron chi connectivity index (χ1n) is 2.83. The van der Waals surface area contributed by atoms with Gasteiger partial charge in [-0.3, -0.25) is 0 Å². The van der Waals surface area contributed by atoms with Crippen LogP contribution in [0.5, 0.6) is 0 Å². The molecule has 1 heteroatoms. The lowest BCUT2D eigenvalue weighted by Gasteiger charge is -2.01. The van der Waals surface area contributed by atoms with E-state index in [4.69, 9.17) is 0 Å². The Hall–Kier alpha value is -0.300. The molecule has 0 aliphatic carbocycles. The molecule has 1 aliphatic heterocycles. The quantitative estimate of drug-likeness (QED) is 0.480. The van der Waals surface area contributed by atoms with Gasteiger partial charge in [-0.25, -0.2) is 0 Å². The highest BCUT2D eigenvalue weighted by Gasteiger charge is 2.01. The normalized spacial score (nSPS) is 29.0. The Balaban J connectivity index is 2.28. The van der Waals surface area contributed by atoms with E-state index in [9.17, 15) is 0 Å². The largest absolute Gasteiger partial charge is 0.307 e. The second kappa shape index (κ2) is 2.12. The van der Waals surface area contributed by atoms with Gasteiger partial charge in [0, 0.05) is 12.6 Å². The third kappa shape index (κ3) is 1.03. The van der Waals surface area contributed by atoms with E-state index in [2.05, 4.69) is 24.4 Å². The predicted molar refractivity (Wildman–Crippen MR) is 31.2 cm³/mol. The first-order chi connectivity index (χ1) is 3.43. The monoisotopic (exact) mass is 97.1 g/mol. The summed E-state index contributed by atoms with van der Waals surface area (Å²) < 4.78 is 0. The average molecular weight is 97.2 g/mol. The van der Waals surface area contributed by atoms with Crippen molar-refractivity contribution in [3.63, 3.8) is 0 Å². The molecule has 1 heterocycles. The van der Waals surface area contributed by atoms with Crippen LogP contribution < -0.4 is 5.32 Å². The molecular weight excluding hydrogens is 86.1 g/mol. The lowest BCUT2D eigenvalue weighted by atomic mass is 10.2. The van der Waals surface area contributed by atoms with Gasteiger partial charge in [0.2, 0.25) is 0 Å². The van der Waals surface area contributed by atoms with E-state index in [-0.39, 0.29) is 0 Å². The van der Waals surface area contributed by atoms with E-state index in [0.717, 1.165) is 6.54 Å². The van der Waals surface area contributed by atoms with Crippen molar-refractivity contribution in [2.24, 2.45) is 0 Å². The van der Waals surface area contributed by atoms with Crippen molar-refractivity contribution in [2.45, 2.75) is 19.4 Å². The van der Waals surface area contributed by atoms with Crippen molar-refractivity contribution in [3.8, 4) is 0 Å². The topological polar surface area (TPSA) is 12.0 Å². The molecule has 7 heavy (non-hydrogen) atoms. The van der Waals surface area contributed by atoms with Crippen molar-refractivity contribution in [2.75, 3.05) is 6.54 Å². The lowest BCUT2D eigenvalue weighted by Crippen LogP contribution is -2.20. The van der Waals surface area contributed by atoms with Crippen molar-refractivity contribution >= 4 is 0 Å². The van der Waals surface area contributed by atoms with Crippen LogP contribution in [-0.4, -0.2) is 12.6 Å². The molecule has 0 aromatic rings. The fourth-order valence-corrected chi connectivity index (χ4v) is 0.800. The van der Waals surface area contributed by atoms with Crippen LogP contribution in [0.2, 0.25) is 0 Å². The van der Waals surface area contributed by atoms with Crippen molar-refractivity contribution in [1.82, 2.24) is 5.32 Å². The van der Waals surface area contributed by atoms with Crippen LogP contribution in [0.3, 0.4) is 0 Å². The van der Waals surface area contributed by atoms with Gasteiger partial charge < -0.3 is 5.32 Å². The Labute approximate surface area is 44.4 Å². The summed E-state index contributed by atoms with van der Waals surface area (Å²) in [6, 6.07) is 0.667. The molecule has 1 nitrogen and oxygen atoms in total. The Bertz CT molecular complexity index is 76.2. The van der Waals surface area contributed by atoms with E-state index >= 15 is 0 Å². The average Bonchev–Trinajstić information content (AvgIpc) is 2.14. The molecule has 0 saturated heterocycles. The standard InChI is InChI=1S/C6H11N/c1-2-6-4-3-5-7-6/h3-4,6-7H,2,5H2,1H3. The van der Waals surface area contributed by atoms with Crippen molar-refractivity contribution < 1.29 is 0 Å². The van der Waals surface area contributed by atoms with E-state index in [1.807, 2.05) is 0 Å². The zero-order valence-corrected chi connectivity index (χ0v) is 4.65. The summed E-state index contributed by atoms with van der Waals surface area (Å²) in [5, 5.41) is 3.30. The number of hydrogen-bond donors (Lipinski definition) is 1. The van der Waals surface area contributed by atoms with Gasteiger partial charge in [0.05, 0.1) is 0 Å². The number of rotatable bonds is 1. The second-order valence-electron chi connectivity index (χ2n) is 1.85. The Kier molecular flexibility index (Phi) is 1.47. The minimum Gasteiger partial charge on any atom is -0.307 e. The van der Waals surface area contributed by atoms with E-state index in [1.165, 1.54) is 6.42 Å². The van der Waals surface area contributed by atoms with E-state index < -0.39 is 0 Å². The molecular formula is C6H11N. The summed E-state index contributed by atoms with van der Waals surface area (Å²) in [6.07, 6.45) is 5.62. The van der Waals surface area contributed by atoms with Crippen LogP contribution in [0.25, 0.3) is 0 Å². The van der Waals surface area contributed by atoms with Crippen LogP contribution in [0.1, 0.15) is 13.3 Å². The second-order valence-corrected chi connectivity index (χ2v) is 1.85. The summed E-state index contributed by atoms with van der Waals surface area (Å²) in [5.74, 6) is 0. The maximum absolute atomic E-state index is 3.30. The Morgan fingerprint density at radius 2 is 2.71 bits per heavy atom. The molecule has 0 amide bonds. The third-order valence-electron chi connectivity index (χ3n) is 1.31. The van der Waals surface area contributed by atoms with Crippen LogP contribution >= 0.6 is 0 Å². The summed E-state index contributed by atoms with van der Waals surface area (Å²) in [5.41, 5.74) is 0. The van der Waals surface area contributed by atoms with Gasteiger partial charge in [-0.2, -0.15) is 0 Å². The first-order valence-corrected chi connectivity index (χ1v) is 2.83. The first kappa shape index (κ1) is 4.85. The molecule has 0 aromatic heterocycles. The van der Waals surface area contributed by atoms with Gasteiger partial charge in [0.15, 0.2) is 0 Å². The van der Waals surface area contributed by atoms with Crippen LogP contribution in [-0.2, 0) is 0 Å². The molecule has 0 aromatic carbocycles. The van der Waals surface area contributed by atoms with Crippen LogP contribution in [0, 0.1) is 0 Å². The molecule has 0 saturated carbocycles. The summed E-state index contributed by atoms with van der Waals surface area (Å²) in [6.45, 7) is 3.26. The van der Waals surface area contributed by atoms with Gasteiger partial charge >= 0.3 is 0 Å². The minimum atomic E-state index is 0.667. The highest BCUT2D eigenvalue weighted by atomic mass is 14.9. The zero-order valence-electron chi connectivity index (χ0n) is 4.65. The van der Waals surface area contributed by atoms with Gasteiger partial charge in [-0.05, 0) is 6.42 Å². The number of hydrogen-bond acceptors (Lipinski definition) is 1. The lowest BCUT2D eigenvalue weighted by molar-refractivity contribution is 0.649. The number of nitrogens with one attached hydrogen (secondary N) is 1. The van der Waals surface area contributed by atoms with Crippen LogP contribution in [0.15, 0.2) is 12.2 Å². The van der Waals surface area contributed by atoms with Crippen molar-refractivity contribution in [1.29, 1.82) is 0 Å². The molecule has 0 radical (unpaired) electrons. The summed E-state index contributed by atoms with van der Waals surface area (Å²) in [4.78, 5) is 0. The van der Waals surface area contributed by atoms with Gasteiger partial charge in [0.25, 0.3) is 0 Å². The highest BCUT2D eigenvalue weighted by Crippen LogP contribution is 1.96. The van der Waals surface area contributed by atoms with Gasteiger partial charge in [0.1, 0.15) is 0 Å². The molecule has 1 N–H and O–H groups in total. The molecule has 1 aliphatic rings. The Morgan fingerprint density at radius 1 is 1.86 bits per heavy atom. The third-order valence-corrected chi connectivity index (χ3v) is 1.31. The molecule has 0 bridgehead atoms. The fraction of sp³-hybridized carbons (Fsp3) is 0.667. The summed E-state index contributed by atoms with van der Waals surface area (Å²) >= 11 is 0. The van der Waals surface area contributed by atoms with E-state index in [0.29, 0.717) is 6.04 Å². The molecule has 1 rings (SSSR count). The van der Waals surface area contributed by atoms with Gasteiger partial charge in [-0.15, -0.1) is 0 Å². The fourth-order valence-electron chi connectivity index (χ4n) is 0.800. The van der Waals surface area contributed by atoms with Gasteiger partial charge in [-0.1, -0.05) is 19.1 Å². The molecule has 1 atom stereocenters. The van der Waals surface area contributed by atoms with Crippen molar-refractivity contribution in [3.05, 3.63) is 12.2 Å². The maximum Gasteiger partial charge on any atom is 0.0250 e. The van der Waals surface area contributed by atoms with Crippen LogP contribution in [0.4, 0.5) is 0 Å². The maximum atomic E-state index is 3.30. The molecule has 0 spiro atoms. The molecule has 0 fully saturated rings. The smallest absolute Gasteiger partial charge is 0.0250 e. The zero-order chi connectivity index (χ0) is 5.11. The minimum absolute atomic E-state index is 0.667. The highest BCUT2D eigenvalue weighted by molar-refractivity contribution is 5.00. The summed E-state index contributed by atoms with van der Waals surface area (Å²) in [7, 11) is 0. The predicted octanol–water partition coefficient (Wildman–Crippen LogP) is 0.924. The molecule has 1 unspecified atom stereocenters.